The lowest BCUT2D eigenvalue weighted by atomic mass is 10.0. The first-order valence-corrected chi connectivity index (χ1v) is 7.67. The molecule has 3 nitrogen and oxygen atoms in total. The Morgan fingerprint density at radius 3 is 2.54 bits per heavy atom. The minimum atomic E-state index is -4.44. The van der Waals surface area contributed by atoms with Gasteiger partial charge >= 0.3 is 6.18 Å². The molecule has 0 amide bonds. The second-order valence-electron chi connectivity index (χ2n) is 5.05. The first-order valence-electron chi connectivity index (χ1n) is 6.90. The molecule has 0 spiro atoms. The van der Waals surface area contributed by atoms with Gasteiger partial charge in [-0.15, -0.1) is 0 Å². The molecule has 0 atom stereocenters. The number of aromatic nitrogens is 1. The van der Waals surface area contributed by atoms with Gasteiger partial charge in [-0.05, 0) is 41.8 Å². The Morgan fingerprint density at radius 2 is 1.88 bits per heavy atom. The van der Waals surface area contributed by atoms with E-state index in [1.165, 1.54) is 13.2 Å². The maximum absolute atomic E-state index is 12.9. The van der Waals surface area contributed by atoms with Crippen molar-refractivity contribution in [1.29, 1.82) is 0 Å². The lowest BCUT2D eigenvalue weighted by Gasteiger charge is -2.14. The Kier molecular flexibility index (Phi) is 4.38. The number of alkyl halides is 3. The molecule has 0 saturated carbocycles. The molecule has 0 aliphatic carbocycles. The molecule has 0 radical (unpaired) electrons. The van der Waals surface area contributed by atoms with Crippen LogP contribution in [0.2, 0.25) is 0 Å². The van der Waals surface area contributed by atoms with Crippen LogP contribution in [0.1, 0.15) is 5.56 Å². The first-order chi connectivity index (χ1) is 11.4. The van der Waals surface area contributed by atoms with E-state index in [1.807, 2.05) is 0 Å². The molecule has 24 heavy (non-hydrogen) atoms. The molecule has 0 aliphatic rings. The largest absolute Gasteiger partial charge is 0.496 e. The monoisotopic (exact) mass is 351 g/mol. The Morgan fingerprint density at radius 1 is 1.08 bits per heavy atom. The Bertz CT molecular complexity index is 897. The number of methoxy groups -OCH3 is 1. The summed E-state index contributed by atoms with van der Waals surface area (Å²) in [5, 5.41) is 1.58. The van der Waals surface area contributed by atoms with E-state index in [2.05, 4.69) is 4.98 Å². The zero-order chi connectivity index (χ0) is 17.3. The highest BCUT2D eigenvalue weighted by molar-refractivity contribution is 7.93. The van der Waals surface area contributed by atoms with E-state index in [0.717, 1.165) is 22.9 Å². The van der Waals surface area contributed by atoms with Gasteiger partial charge in [0.1, 0.15) is 5.75 Å². The molecule has 124 valence electrons. The van der Waals surface area contributed by atoms with Crippen LogP contribution in [0, 0.1) is 0 Å². The van der Waals surface area contributed by atoms with Crippen LogP contribution in [0.15, 0.2) is 53.6 Å². The fraction of sp³-hybridized carbons (Fsp3) is 0.118. The van der Waals surface area contributed by atoms with Crippen molar-refractivity contribution in [2.75, 3.05) is 7.11 Å². The first kappa shape index (κ1) is 16.6. The van der Waals surface area contributed by atoms with Crippen molar-refractivity contribution >= 4 is 22.8 Å². The van der Waals surface area contributed by atoms with Crippen LogP contribution < -0.4 is 4.74 Å². The summed E-state index contributed by atoms with van der Waals surface area (Å²) in [5.74, 6) is 0.102. The number of halogens is 3. The average Bonchev–Trinajstić information content (AvgIpc) is 2.59. The minimum absolute atomic E-state index is 0.102. The summed E-state index contributed by atoms with van der Waals surface area (Å²) in [6, 6.07) is 10.4. The van der Waals surface area contributed by atoms with Crippen LogP contribution >= 0.6 is 12.0 Å². The quantitative estimate of drug-likeness (QED) is 0.633. The van der Waals surface area contributed by atoms with Gasteiger partial charge in [0.15, 0.2) is 0 Å². The maximum atomic E-state index is 12.9. The van der Waals surface area contributed by atoms with Gasteiger partial charge in [-0.3, -0.25) is 4.98 Å². The van der Waals surface area contributed by atoms with E-state index >= 15 is 0 Å². The zero-order valence-electron chi connectivity index (χ0n) is 12.5. The number of nitrogens with zero attached hydrogens (tertiary/aromatic N) is 1. The minimum Gasteiger partial charge on any atom is -0.496 e. The van der Waals surface area contributed by atoms with Crippen LogP contribution in [0.5, 0.6) is 5.75 Å². The van der Waals surface area contributed by atoms with Crippen LogP contribution in [0.4, 0.5) is 13.2 Å². The van der Waals surface area contributed by atoms with Crippen molar-refractivity contribution in [3.05, 3.63) is 54.2 Å². The lowest BCUT2D eigenvalue weighted by Crippen LogP contribution is -2.05. The summed E-state index contributed by atoms with van der Waals surface area (Å²) in [5.41, 5.74) is 0.218. The van der Waals surface area contributed by atoms with Gasteiger partial charge in [-0.2, -0.15) is 13.2 Å². The molecule has 1 N–H and O–H groups in total. The molecule has 0 fully saturated rings. The van der Waals surface area contributed by atoms with Crippen molar-refractivity contribution in [1.82, 2.24) is 4.98 Å². The number of benzene rings is 2. The van der Waals surface area contributed by atoms with Crippen LogP contribution in [0.25, 0.3) is 22.0 Å². The smallest absolute Gasteiger partial charge is 0.416 e. The van der Waals surface area contributed by atoms with Crippen molar-refractivity contribution < 1.29 is 22.5 Å². The predicted octanol–water partition coefficient (Wildman–Crippen LogP) is 5.49. The third kappa shape index (κ3) is 3.05. The van der Waals surface area contributed by atoms with E-state index in [1.54, 1.807) is 30.5 Å². The highest BCUT2D eigenvalue weighted by atomic mass is 32.2. The van der Waals surface area contributed by atoms with Gasteiger partial charge in [0.25, 0.3) is 0 Å². The molecule has 0 saturated heterocycles. The third-order valence-electron chi connectivity index (χ3n) is 3.63. The summed E-state index contributed by atoms with van der Waals surface area (Å²) < 4.78 is 52.9. The van der Waals surface area contributed by atoms with E-state index in [-0.39, 0.29) is 5.75 Å². The summed E-state index contributed by atoms with van der Waals surface area (Å²) in [4.78, 5) is 4.97. The molecule has 3 aromatic rings. The van der Waals surface area contributed by atoms with Crippen molar-refractivity contribution in [3.63, 3.8) is 0 Å². The normalized spacial score (nSPS) is 11.7. The zero-order valence-corrected chi connectivity index (χ0v) is 13.3. The molecule has 0 bridgehead atoms. The molecule has 7 heteroatoms. The Balaban J connectivity index is 2.20. The lowest BCUT2D eigenvalue weighted by molar-refractivity contribution is -0.137. The molecular formula is C17H12F3NO2S. The number of rotatable bonds is 3. The average molecular weight is 351 g/mol. The second-order valence-corrected chi connectivity index (χ2v) is 5.70. The number of hydrogen-bond acceptors (Lipinski definition) is 4. The van der Waals surface area contributed by atoms with Gasteiger partial charge in [0.2, 0.25) is 0 Å². The van der Waals surface area contributed by atoms with Crippen molar-refractivity contribution in [2.24, 2.45) is 0 Å². The van der Waals surface area contributed by atoms with Crippen LogP contribution in [-0.2, 0) is 6.18 Å². The van der Waals surface area contributed by atoms with Crippen molar-refractivity contribution in [2.45, 2.75) is 11.1 Å². The van der Waals surface area contributed by atoms with E-state index in [4.69, 9.17) is 9.29 Å². The molecule has 0 aliphatic heterocycles. The van der Waals surface area contributed by atoms with Crippen LogP contribution in [0.3, 0.4) is 0 Å². The van der Waals surface area contributed by atoms with E-state index in [9.17, 15) is 13.2 Å². The van der Waals surface area contributed by atoms with Gasteiger partial charge < -0.3 is 9.29 Å². The third-order valence-corrected chi connectivity index (χ3v) is 4.09. The number of pyridine rings is 1. The standard InChI is InChI=1S/C17H12F3NO2S/c1-23-15-9-11(17(18,19)20)2-4-14(15)16-13-5-3-12(24-22)8-10(13)6-7-21-16/h2-9,22H,1H3. The highest BCUT2D eigenvalue weighted by Gasteiger charge is 2.31. The topological polar surface area (TPSA) is 42.4 Å². The SMILES string of the molecule is COc1cc(C(F)(F)F)ccc1-c1nccc2cc(SO)ccc12. The van der Waals surface area contributed by atoms with Crippen LogP contribution in [-0.4, -0.2) is 16.6 Å². The molecule has 3 rings (SSSR count). The van der Waals surface area contributed by atoms with Gasteiger partial charge in [-0.1, -0.05) is 6.07 Å². The van der Waals surface area contributed by atoms with Gasteiger partial charge in [-0.25, -0.2) is 0 Å². The second kappa shape index (κ2) is 6.33. The summed E-state index contributed by atoms with van der Waals surface area (Å²) in [6.07, 6.45) is -2.87. The number of fused-ring (bicyclic) bond motifs is 1. The fourth-order valence-corrected chi connectivity index (χ4v) is 2.80. The Labute approximate surface area is 140 Å². The summed E-state index contributed by atoms with van der Waals surface area (Å²) >= 11 is 0.628. The molecular weight excluding hydrogens is 339 g/mol. The number of ether oxygens (including phenoxy) is 1. The van der Waals surface area contributed by atoms with E-state index in [0.29, 0.717) is 28.2 Å². The molecule has 2 aromatic carbocycles. The maximum Gasteiger partial charge on any atom is 0.416 e. The fourth-order valence-electron chi connectivity index (χ4n) is 2.49. The predicted molar refractivity (Wildman–Crippen MR) is 87.2 cm³/mol. The van der Waals surface area contributed by atoms with Gasteiger partial charge in [0, 0.05) is 34.1 Å². The van der Waals surface area contributed by atoms with Crippen molar-refractivity contribution in [3.8, 4) is 17.0 Å². The molecule has 1 aromatic heterocycles. The van der Waals surface area contributed by atoms with E-state index < -0.39 is 11.7 Å². The Hall–Kier alpha value is -2.25. The summed E-state index contributed by atoms with van der Waals surface area (Å²) in [7, 11) is 1.32. The summed E-state index contributed by atoms with van der Waals surface area (Å²) in [6.45, 7) is 0. The molecule has 1 heterocycles. The number of hydrogen-bond donors (Lipinski definition) is 1. The molecule has 0 unspecified atom stereocenters. The van der Waals surface area contributed by atoms with Gasteiger partial charge in [0.05, 0.1) is 18.4 Å². The highest BCUT2D eigenvalue weighted by Crippen LogP contribution is 2.38.